The van der Waals surface area contributed by atoms with Crippen molar-refractivity contribution in [2.24, 2.45) is 17.6 Å². The summed E-state index contributed by atoms with van der Waals surface area (Å²) in [6.45, 7) is 1.36. The van der Waals surface area contributed by atoms with Crippen LogP contribution in [-0.2, 0) is 6.54 Å². The third-order valence-corrected chi connectivity index (χ3v) is 6.53. The number of hydrogen-bond acceptors (Lipinski definition) is 4. The van der Waals surface area contributed by atoms with Crippen molar-refractivity contribution >= 4 is 33.5 Å². The van der Waals surface area contributed by atoms with Crippen molar-refractivity contribution in [3.8, 4) is 11.4 Å². The molecular weight excluding hydrogens is 398 g/mol. The van der Waals surface area contributed by atoms with Crippen LogP contribution in [0.3, 0.4) is 0 Å². The van der Waals surface area contributed by atoms with Gasteiger partial charge in [-0.1, -0.05) is 18.0 Å². The Morgan fingerprint density at radius 2 is 2.00 bits per heavy atom. The molecule has 154 valence electrons. The minimum absolute atomic E-state index is 0.0196. The third-order valence-electron chi connectivity index (χ3n) is 6.29. The number of halogens is 1. The van der Waals surface area contributed by atoms with Crippen LogP contribution < -0.4 is 11.3 Å². The van der Waals surface area contributed by atoms with Gasteiger partial charge in [0.15, 0.2) is 0 Å². The molecule has 2 aromatic heterocycles. The van der Waals surface area contributed by atoms with Gasteiger partial charge in [0, 0.05) is 22.5 Å². The molecule has 1 aliphatic rings. The standard InChI is InChI=1S/C24H24ClN3O2/c25-19-5-6-20-21(12-19)27-23(18-4-7-22-17(11-18)8-9-30-22)28(24(20)29)14-16-3-1-2-15(10-16)13-26/h4-9,11-12,15-16H,1-3,10,13-14,26H2. The third kappa shape index (κ3) is 3.53. The minimum Gasteiger partial charge on any atom is -0.464 e. The Labute approximate surface area is 179 Å². The topological polar surface area (TPSA) is 74.1 Å². The summed E-state index contributed by atoms with van der Waals surface area (Å²) < 4.78 is 7.32. The summed E-state index contributed by atoms with van der Waals surface area (Å²) in [5.41, 5.74) is 8.25. The number of rotatable bonds is 4. The molecule has 0 radical (unpaired) electrons. The molecular formula is C24H24ClN3O2. The molecule has 2 N–H and O–H groups in total. The molecule has 0 spiro atoms. The van der Waals surface area contributed by atoms with Crippen LogP contribution in [-0.4, -0.2) is 16.1 Å². The molecule has 0 amide bonds. The van der Waals surface area contributed by atoms with Crippen molar-refractivity contribution < 1.29 is 4.42 Å². The first kappa shape index (κ1) is 19.3. The second-order valence-corrected chi connectivity index (χ2v) is 8.76. The predicted molar refractivity (Wildman–Crippen MR) is 121 cm³/mol. The summed E-state index contributed by atoms with van der Waals surface area (Å²) >= 11 is 6.19. The molecule has 0 aliphatic heterocycles. The predicted octanol–water partition coefficient (Wildman–Crippen LogP) is 5.23. The van der Waals surface area contributed by atoms with Crippen molar-refractivity contribution in [2.75, 3.05) is 6.54 Å². The quantitative estimate of drug-likeness (QED) is 0.489. The maximum atomic E-state index is 13.5. The number of furan rings is 1. The van der Waals surface area contributed by atoms with E-state index in [9.17, 15) is 4.79 Å². The zero-order valence-corrected chi connectivity index (χ0v) is 17.4. The van der Waals surface area contributed by atoms with E-state index >= 15 is 0 Å². The number of benzene rings is 2. The van der Waals surface area contributed by atoms with Gasteiger partial charge in [0.2, 0.25) is 0 Å². The normalized spacial score (nSPS) is 19.5. The van der Waals surface area contributed by atoms with Gasteiger partial charge in [-0.25, -0.2) is 4.98 Å². The summed E-state index contributed by atoms with van der Waals surface area (Å²) in [6.07, 6.45) is 6.18. The number of hydrogen-bond donors (Lipinski definition) is 1. The lowest BCUT2D eigenvalue weighted by Gasteiger charge is -2.29. The van der Waals surface area contributed by atoms with E-state index in [1.807, 2.05) is 28.8 Å². The van der Waals surface area contributed by atoms with E-state index in [-0.39, 0.29) is 5.56 Å². The highest BCUT2D eigenvalue weighted by Gasteiger charge is 2.24. The van der Waals surface area contributed by atoms with Gasteiger partial charge < -0.3 is 10.2 Å². The lowest BCUT2D eigenvalue weighted by atomic mass is 9.81. The molecule has 30 heavy (non-hydrogen) atoms. The summed E-state index contributed by atoms with van der Waals surface area (Å²) in [7, 11) is 0. The largest absolute Gasteiger partial charge is 0.464 e. The molecule has 2 atom stereocenters. The van der Waals surface area contributed by atoms with E-state index in [1.54, 1.807) is 24.5 Å². The van der Waals surface area contributed by atoms with Crippen LogP contribution in [0.2, 0.25) is 5.02 Å². The van der Waals surface area contributed by atoms with Gasteiger partial charge in [-0.3, -0.25) is 9.36 Å². The Hall–Kier alpha value is -2.63. The van der Waals surface area contributed by atoms with Crippen molar-refractivity contribution in [1.29, 1.82) is 0 Å². The molecule has 2 heterocycles. The summed E-state index contributed by atoms with van der Waals surface area (Å²) in [5, 5.41) is 2.15. The highest BCUT2D eigenvalue weighted by atomic mass is 35.5. The molecule has 0 saturated heterocycles. The monoisotopic (exact) mass is 421 g/mol. The Morgan fingerprint density at radius 3 is 2.87 bits per heavy atom. The van der Waals surface area contributed by atoms with Crippen LogP contribution in [0.5, 0.6) is 0 Å². The van der Waals surface area contributed by atoms with E-state index in [2.05, 4.69) is 0 Å². The summed E-state index contributed by atoms with van der Waals surface area (Å²) in [6, 6.07) is 13.1. The second kappa shape index (κ2) is 7.89. The fourth-order valence-corrected chi connectivity index (χ4v) is 4.90. The van der Waals surface area contributed by atoms with E-state index < -0.39 is 0 Å². The zero-order valence-electron chi connectivity index (χ0n) is 16.7. The molecule has 1 aliphatic carbocycles. The summed E-state index contributed by atoms with van der Waals surface area (Å²) in [5.74, 6) is 1.64. The SMILES string of the molecule is NCC1CCCC(Cn2c(-c3ccc4occc4c3)nc3cc(Cl)ccc3c2=O)C1. The average Bonchev–Trinajstić information content (AvgIpc) is 3.23. The van der Waals surface area contributed by atoms with Crippen molar-refractivity contribution in [3.05, 3.63) is 64.1 Å². The Kier molecular flexibility index (Phi) is 5.09. The fourth-order valence-electron chi connectivity index (χ4n) is 4.73. The minimum atomic E-state index is -0.0196. The van der Waals surface area contributed by atoms with Gasteiger partial charge in [-0.05, 0) is 80.1 Å². The fraction of sp³-hybridized carbons (Fsp3) is 0.333. The first-order chi connectivity index (χ1) is 14.6. The number of aromatic nitrogens is 2. The van der Waals surface area contributed by atoms with E-state index in [1.165, 1.54) is 6.42 Å². The highest BCUT2D eigenvalue weighted by molar-refractivity contribution is 6.31. The average molecular weight is 422 g/mol. The van der Waals surface area contributed by atoms with Crippen molar-refractivity contribution in [1.82, 2.24) is 9.55 Å². The Bertz CT molecular complexity index is 1280. The molecule has 1 saturated carbocycles. The zero-order chi connectivity index (χ0) is 20.7. The number of fused-ring (bicyclic) bond motifs is 2. The highest BCUT2D eigenvalue weighted by Crippen LogP contribution is 2.31. The van der Waals surface area contributed by atoms with Crippen LogP contribution in [0.25, 0.3) is 33.3 Å². The number of nitrogens with two attached hydrogens (primary N) is 1. The second-order valence-electron chi connectivity index (χ2n) is 8.32. The van der Waals surface area contributed by atoms with Gasteiger partial charge in [-0.2, -0.15) is 0 Å². The van der Waals surface area contributed by atoms with Crippen LogP contribution in [0.1, 0.15) is 25.7 Å². The van der Waals surface area contributed by atoms with Gasteiger partial charge in [0.05, 0.1) is 17.2 Å². The van der Waals surface area contributed by atoms with Crippen LogP contribution in [0.4, 0.5) is 0 Å². The van der Waals surface area contributed by atoms with Gasteiger partial charge in [0.25, 0.3) is 5.56 Å². The summed E-state index contributed by atoms with van der Waals surface area (Å²) in [4.78, 5) is 18.4. The lowest BCUT2D eigenvalue weighted by Crippen LogP contribution is -2.30. The van der Waals surface area contributed by atoms with Crippen LogP contribution in [0, 0.1) is 11.8 Å². The van der Waals surface area contributed by atoms with Gasteiger partial charge in [0.1, 0.15) is 11.4 Å². The maximum Gasteiger partial charge on any atom is 0.261 e. The number of nitrogens with zero attached hydrogens (tertiary/aromatic N) is 2. The molecule has 0 bridgehead atoms. The Morgan fingerprint density at radius 1 is 1.13 bits per heavy atom. The van der Waals surface area contributed by atoms with Crippen LogP contribution in [0.15, 0.2) is 57.9 Å². The van der Waals surface area contributed by atoms with E-state index in [4.69, 9.17) is 26.7 Å². The van der Waals surface area contributed by atoms with E-state index in [0.717, 1.165) is 35.8 Å². The molecule has 1 fully saturated rings. The first-order valence-corrected chi connectivity index (χ1v) is 10.9. The molecule has 2 aromatic carbocycles. The lowest BCUT2D eigenvalue weighted by molar-refractivity contribution is 0.246. The Balaban J connectivity index is 1.66. The molecule has 5 nitrogen and oxygen atoms in total. The van der Waals surface area contributed by atoms with E-state index in [0.29, 0.717) is 46.7 Å². The van der Waals surface area contributed by atoms with Gasteiger partial charge >= 0.3 is 0 Å². The molecule has 6 heteroatoms. The smallest absolute Gasteiger partial charge is 0.261 e. The van der Waals surface area contributed by atoms with Crippen molar-refractivity contribution in [2.45, 2.75) is 32.2 Å². The molecule has 5 rings (SSSR count). The van der Waals surface area contributed by atoms with Gasteiger partial charge in [-0.15, -0.1) is 0 Å². The first-order valence-electron chi connectivity index (χ1n) is 10.5. The van der Waals surface area contributed by atoms with Crippen LogP contribution >= 0.6 is 11.6 Å². The molecule has 2 unspecified atom stereocenters. The van der Waals surface area contributed by atoms with Crippen molar-refractivity contribution in [3.63, 3.8) is 0 Å². The maximum absolute atomic E-state index is 13.5. The molecule has 4 aromatic rings.